The minimum absolute atomic E-state index is 0.0127. The monoisotopic (exact) mass is 405 g/mol. The number of amides is 1. The molecule has 2 fully saturated rings. The smallest absolute Gasteiger partial charge is 0.238 e. The average molecular weight is 406 g/mol. The summed E-state index contributed by atoms with van der Waals surface area (Å²) >= 11 is 0. The highest BCUT2D eigenvalue weighted by atomic mass is 16.5. The van der Waals surface area contributed by atoms with Crippen LogP contribution in [0.1, 0.15) is 40.0 Å². The number of hydrogen-bond donors (Lipinski definition) is 1. The van der Waals surface area contributed by atoms with Crippen molar-refractivity contribution >= 4 is 17.3 Å². The normalized spacial score (nSPS) is 20.4. The number of carbonyl (C=O) groups is 1. The summed E-state index contributed by atoms with van der Waals surface area (Å²) in [5, 5.41) is 3.06. The SMILES string of the molecule is CCOc1cc(N2CCOCC2)c(OCC)cc1NC(=O)CN1CCCC[C@H]1C. The molecule has 7 heteroatoms. The van der Waals surface area contributed by atoms with E-state index < -0.39 is 0 Å². The fourth-order valence-electron chi connectivity index (χ4n) is 4.01. The highest BCUT2D eigenvalue weighted by molar-refractivity contribution is 5.94. The van der Waals surface area contributed by atoms with Crippen molar-refractivity contribution < 1.29 is 19.0 Å². The van der Waals surface area contributed by atoms with Gasteiger partial charge in [0.25, 0.3) is 0 Å². The Morgan fingerprint density at radius 3 is 2.52 bits per heavy atom. The van der Waals surface area contributed by atoms with E-state index in [1.165, 1.54) is 6.42 Å². The first-order valence-corrected chi connectivity index (χ1v) is 10.9. The van der Waals surface area contributed by atoms with Crippen molar-refractivity contribution in [3.63, 3.8) is 0 Å². The lowest BCUT2D eigenvalue weighted by molar-refractivity contribution is -0.118. The molecule has 1 amide bonds. The van der Waals surface area contributed by atoms with Crippen molar-refractivity contribution in [1.29, 1.82) is 0 Å². The first-order chi connectivity index (χ1) is 14.1. The van der Waals surface area contributed by atoms with Gasteiger partial charge in [-0.05, 0) is 40.2 Å². The number of piperidine rings is 1. The quantitative estimate of drug-likeness (QED) is 0.717. The average Bonchev–Trinajstić information content (AvgIpc) is 2.72. The molecule has 0 bridgehead atoms. The molecule has 2 aliphatic heterocycles. The van der Waals surface area contributed by atoms with Gasteiger partial charge in [-0.3, -0.25) is 9.69 Å². The number of rotatable bonds is 8. The molecule has 0 aliphatic carbocycles. The Morgan fingerprint density at radius 2 is 1.83 bits per heavy atom. The lowest BCUT2D eigenvalue weighted by Crippen LogP contribution is -2.42. The van der Waals surface area contributed by atoms with Gasteiger partial charge in [0.2, 0.25) is 5.91 Å². The number of benzene rings is 1. The van der Waals surface area contributed by atoms with Gasteiger partial charge in [0.15, 0.2) is 0 Å². The fourth-order valence-corrected chi connectivity index (χ4v) is 4.01. The molecule has 1 N–H and O–H groups in total. The van der Waals surface area contributed by atoms with Crippen LogP contribution in [0.25, 0.3) is 0 Å². The van der Waals surface area contributed by atoms with E-state index in [-0.39, 0.29) is 5.91 Å². The zero-order chi connectivity index (χ0) is 20.6. The molecule has 2 aliphatic rings. The topological polar surface area (TPSA) is 63.3 Å². The van der Waals surface area contributed by atoms with E-state index >= 15 is 0 Å². The van der Waals surface area contributed by atoms with Crippen LogP contribution in [0.3, 0.4) is 0 Å². The second kappa shape index (κ2) is 10.7. The summed E-state index contributed by atoms with van der Waals surface area (Å²) in [6.45, 7) is 11.6. The second-order valence-corrected chi connectivity index (χ2v) is 7.64. The van der Waals surface area contributed by atoms with Crippen molar-refractivity contribution in [2.24, 2.45) is 0 Å². The van der Waals surface area contributed by atoms with Crippen LogP contribution in [0.5, 0.6) is 11.5 Å². The number of anilines is 2. The van der Waals surface area contributed by atoms with E-state index in [1.54, 1.807) is 0 Å². The van der Waals surface area contributed by atoms with E-state index in [0.717, 1.165) is 43.9 Å². The zero-order valence-corrected chi connectivity index (χ0v) is 18.0. The van der Waals surface area contributed by atoms with Gasteiger partial charge in [-0.15, -0.1) is 0 Å². The van der Waals surface area contributed by atoms with Gasteiger partial charge in [-0.1, -0.05) is 6.42 Å². The Labute approximate surface area is 174 Å². The first-order valence-electron chi connectivity index (χ1n) is 10.9. The van der Waals surface area contributed by atoms with Crippen LogP contribution in [0, 0.1) is 0 Å². The van der Waals surface area contributed by atoms with E-state index in [9.17, 15) is 4.79 Å². The molecule has 1 atom stereocenters. The van der Waals surface area contributed by atoms with Gasteiger partial charge in [-0.25, -0.2) is 0 Å². The van der Waals surface area contributed by atoms with E-state index in [1.807, 2.05) is 26.0 Å². The van der Waals surface area contributed by atoms with Gasteiger partial charge >= 0.3 is 0 Å². The van der Waals surface area contributed by atoms with Crippen LogP contribution in [0.4, 0.5) is 11.4 Å². The molecule has 7 nitrogen and oxygen atoms in total. The Kier molecular flexibility index (Phi) is 8.00. The third-order valence-electron chi connectivity index (χ3n) is 5.57. The van der Waals surface area contributed by atoms with Crippen molar-refractivity contribution in [1.82, 2.24) is 4.90 Å². The van der Waals surface area contributed by atoms with E-state index in [2.05, 4.69) is 22.0 Å². The molecule has 2 heterocycles. The van der Waals surface area contributed by atoms with Gasteiger partial charge in [-0.2, -0.15) is 0 Å². The number of morpholine rings is 1. The molecule has 29 heavy (non-hydrogen) atoms. The summed E-state index contributed by atoms with van der Waals surface area (Å²) in [4.78, 5) is 17.3. The van der Waals surface area contributed by atoms with E-state index in [0.29, 0.717) is 50.5 Å². The maximum Gasteiger partial charge on any atom is 0.238 e. The third-order valence-corrected chi connectivity index (χ3v) is 5.57. The molecule has 3 rings (SSSR count). The van der Waals surface area contributed by atoms with Crippen LogP contribution in [0.15, 0.2) is 12.1 Å². The minimum atomic E-state index is -0.0127. The van der Waals surface area contributed by atoms with Gasteiger partial charge in [0, 0.05) is 31.3 Å². The predicted octanol–water partition coefficient (Wildman–Crippen LogP) is 3.13. The van der Waals surface area contributed by atoms with Crippen LogP contribution in [0.2, 0.25) is 0 Å². The van der Waals surface area contributed by atoms with Crippen molar-refractivity contribution in [3.05, 3.63) is 12.1 Å². The molecule has 0 spiro atoms. The maximum absolute atomic E-state index is 12.8. The zero-order valence-electron chi connectivity index (χ0n) is 18.0. The Bertz CT molecular complexity index is 676. The largest absolute Gasteiger partial charge is 0.492 e. The van der Waals surface area contributed by atoms with Gasteiger partial charge in [0.05, 0.1) is 44.3 Å². The number of nitrogens with zero attached hydrogens (tertiary/aromatic N) is 2. The second-order valence-electron chi connectivity index (χ2n) is 7.64. The highest BCUT2D eigenvalue weighted by Crippen LogP contribution is 2.39. The molecule has 0 saturated carbocycles. The van der Waals surface area contributed by atoms with Crippen LogP contribution < -0.4 is 19.7 Å². The lowest BCUT2D eigenvalue weighted by Gasteiger charge is -2.33. The summed E-state index contributed by atoms with van der Waals surface area (Å²) in [6.07, 6.45) is 3.55. The lowest BCUT2D eigenvalue weighted by atomic mass is 10.0. The molecule has 1 aromatic rings. The first kappa shape index (κ1) is 21.7. The number of nitrogens with one attached hydrogen (secondary N) is 1. The molecular formula is C22H35N3O4. The van der Waals surface area contributed by atoms with Crippen LogP contribution in [-0.2, 0) is 9.53 Å². The van der Waals surface area contributed by atoms with Crippen molar-refractivity contribution in [2.45, 2.75) is 46.1 Å². The summed E-state index contributed by atoms with van der Waals surface area (Å²) in [5.41, 5.74) is 1.66. The maximum atomic E-state index is 12.8. The third kappa shape index (κ3) is 5.76. The van der Waals surface area contributed by atoms with E-state index in [4.69, 9.17) is 14.2 Å². The molecule has 162 valence electrons. The Balaban J connectivity index is 1.80. The number of likely N-dealkylation sites (tertiary alicyclic amines) is 1. The number of hydrogen-bond acceptors (Lipinski definition) is 6. The Hall–Kier alpha value is -1.99. The van der Waals surface area contributed by atoms with Crippen LogP contribution >= 0.6 is 0 Å². The van der Waals surface area contributed by atoms with Crippen LogP contribution in [-0.4, -0.2) is 69.5 Å². The summed E-state index contributed by atoms with van der Waals surface area (Å²) in [6, 6.07) is 4.33. The summed E-state index contributed by atoms with van der Waals surface area (Å²) < 4.78 is 17.3. The predicted molar refractivity (Wildman–Crippen MR) is 115 cm³/mol. The van der Waals surface area contributed by atoms with Gasteiger partial charge < -0.3 is 24.4 Å². The Morgan fingerprint density at radius 1 is 1.10 bits per heavy atom. The molecule has 2 saturated heterocycles. The summed E-state index contributed by atoms with van der Waals surface area (Å²) in [5.74, 6) is 1.43. The molecule has 0 unspecified atom stereocenters. The molecule has 1 aromatic carbocycles. The standard InChI is InChI=1S/C22H35N3O4/c1-4-28-20-15-19(24-10-12-27-13-11-24)21(29-5-2)14-18(20)23-22(26)16-25-9-7-6-8-17(25)3/h14-15,17H,4-13,16H2,1-3H3,(H,23,26)/t17-/m1/s1. The molecular weight excluding hydrogens is 370 g/mol. The molecule has 0 radical (unpaired) electrons. The minimum Gasteiger partial charge on any atom is -0.492 e. The number of carbonyl (C=O) groups excluding carboxylic acids is 1. The van der Waals surface area contributed by atoms with Crippen molar-refractivity contribution in [3.8, 4) is 11.5 Å². The van der Waals surface area contributed by atoms with Gasteiger partial charge in [0.1, 0.15) is 11.5 Å². The molecule has 0 aromatic heterocycles. The number of ether oxygens (including phenoxy) is 3. The van der Waals surface area contributed by atoms with Crippen molar-refractivity contribution in [2.75, 3.05) is 62.8 Å². The summed E-state index contributed by atoms with van der Waals surface area (Å²) in [7, 11) is 0. The highest BCUT2D eigenvalue weighted by Gasteiger charge is 2.23. The fraction of sp³-hybridized carbons (Fsp3) is 0.682.